The smallest absolute Gasteiger partial charge is 0.226 e. The summed E-state index contributed by atoms with van der Waals surface area (Å²) in [6, 6.07) is 26.2. The van der Waals surface area contributed by atoms with E-state index in [1.165, 1.54) is 23.9 Å². The quantitative estimate of drug-likeness (QED) is 0.554. The molecular formula is C24H21FN2OS. The van der Waals surface area contributed by atoms with E-state index in [4.69, 9.17) is 4.99 Å². The minimum atomic E-state index is -0.254. The molecule has 1 aliphatic rings. The SMILES string of the molecule is CC(=O)N1C(SCc2ccc(F)cc2)=N[C@H](c2ccccc2)[C@@H]1c1ccccc1. The Hall–Kier alpha value is -2.92. The van der Waals surface area contributed by atoms with Crippen molar-refractivity contribution in [1.82, 2.24) is 4.90 Å². The summed E-state index contributed by atoms with van der Waals surface area (Å²) in [4.78, 5) is 19.4. The monoisotopic (exact) mass is 404 g/mol. The maximum absolute atomic E-state index is 13.2. The largest absolute Gasteiger partial charge is 0.282 e. The Morgan fingerprint density at radius 2 is 1.52 bits per heavy atom. The molecule has 29 heavy (non-hydrogen) atoms. The number of aliphatic imine (C=N–C) groups is 1. The van der Waals surface area contributed by atoms with Gasteiger partial charge in [0, 0.05) is 12.7 Å². The average Bonchev–Trinajstić information content (AvgIpc) is 3.14. The normalized spacial score (nSPS) is 18.6. The highest BCUT2D eigenvalue weighted by Gasteiger charge is 2.40. The second kappa shape index (κ2) is 8.62. The molecule has 0 radical (unpaired) electrons. The van der Waals surface area contributed by atoms with Crippen LogP contribution in [0.2, 0.25) is 0 Å². The molecule has 0 N–H and O–H groups in total. The van der Waals surface area contributed by atoms with Crippen LogP contribution in [0.1, 0.15) is 35.7 Å². The third-order valence-corrected chi connectivity index (χ3v) is 5.97. The zero-order valence-electron chi connectivity index (χ0n) is 16.0. The fourth-order valence-electron chi connectivity index (χ4n) is 3.57. The number of benzene rings is 3. The summed E-state index contributed by atoms with van der Waals surface area (Å²) in [5.41, 5.74) is 3.12. The van der Waals surface area contributed by atoms with Gasteiger partial charge in [-0.1, -0.05) is 84.6 Å². The summed E-state index contributed by atoms with van der Waals surface area (Å²) < 4.78 is 13.2. The van der Waals surface area contributed by atoms with Crippen molar-refractivity contribution in [3.8, 4) is 0 Å². The van der Waals surface area contributed by atoms with Crippen LogP contribution in [0.25, 0.3) is 0 Å². The topological polar surface area (TPSA) is 32.7 Å². The van der Waals surface area contributed by atoms with E-state index in [-0.39, 0.29) is 23.8 Å². The Bertz CT molecular complexity index is 1010. The first-order valence-electron chi connectivity index (χ1n) is 9.48. The van der Waals surface area contributed by atoms with Gasteiger partial charge in [0.1, 0.15) is 11.9 Å². The van der Waals surface area contributed by atoms with Gasteiger partial charge in [-0.05, 0) is 28.8 Å². The fraction of sp³-hybridized carbons (Fsp3) is 0.167. The van der Waals surface area contributed by atoms with Crippen molar-refractivity contribution >= 4 is 22.8 Å². The molecular weight excluding hydrogens is 383 g/mol. The van der Waals surface area contributed by atoms with Crippen molar-refractivity contribution in [3.63, 3.8) is 0 Å². The number of halogens is 1. The van der Waals surface area contributed by atoms with Crippen LogP contribution in [0, 0.1) is 5.82 Å². The minimum Gasteiger partial charge on any atom is -0.282 e. The maximum atomic E-state index is 13.2. The van der Waals surface area contributed by atoms with Crippen molar-refractivity contribution in [2.24, 2.45) is 4.99 Å². The maximum Gasteiger partial charge on any atom is 0.226 e. The van der Waals surface area contributed by atoms with Gasteiger partial charge in [-0.25, -0.2) is 4.39 Å². The summed E-state index contributed by atoms with van der Waals surface area (Å²) in [6.45, 7) is 1.58. The number of hydrogen-bond acceptors (Lipinski definition) is 3. The van der Waals surface area contributed by atoms with E-state index >= 15 is 0 Å². The Balaban J connectivity index is 1.68. The molecule has 146 valence electrons. The van der Waals surface area contributed by atoms with E-state index < -0.39 is 0 Å². The molecule has 3 nitrogen and oxygen atoms in total. The summed E-state index contributed by atoms with van der Waals surface area (Å²) in [5.74, 6) is 0.324. The molecule has 3 aromatic rings. The lowest BCUT2D eigenvalue weighted by Gasteiger charge is -2.28. The van der Waals surface area contributed by atoms with Crippen LogP contribution >= 0.6 is 11.8 Å². The van der Waals surface area contributed by atoms with E-state index in [1.54, 1.807) is 24.0 Å². The Kier molecular flexibility index (Phi) is 5.76. The summed E-state index contributed by atoms with van der Waals surface area (Å²) in [7, 11) is 0. The van der Waals surface area contributed by atoms with Gasteiger partial charge in [0.05, 0.1) is 6.04 Å². The number of carbonyl (C=O) groups is 1. The van der Waals surface area contributed by atoms with Gasteiger partial charge < -0.3 is 0 Å². The third-order valence-electron chi connectivity index (χ3n) is 4.94. The van der Waals surface area contributed by atoms with Crippen LogP contribution in [0.4, 0.5) is 4.39 Å². The Morgan fingerprint density at radius 3 is 2.10 bits per heavy atom. The lowest BCUT2D eigenvalue weighted by molar-refractivity contribution is -0.126. The van der Waals surface area contributed by atoms with E-state index in [2.05, 4.69) is 12.1 Å². The Morgan fingerprint density at radius 1 is 0.931 bits per heavy atom. The van der Waals surface area contributed by atoms with Gasteiger partial charge in [0.2, 0.25) is 5.91 Å². The van der Waals surface area contributed by atoms with Crippen LogP contribution in [0.3, 0.4) is 0 Å². The zero-order valence-corrected chi connectivity index (χ0v) is 16.9. The van der Waals surface area contributed by atoms with Crippen LogP contribution in [-0.2, 0) is 10.5 Å². The standard InChI is InChI=1S/C24H21FN2OS/c1-17(28)27-23(20-10-6-3-7-11-20)22(19-8-4-2-5-9-19)26-24(27)29-16-18-12-14-21(25)15-13-18/h2-15,22-23H,16H2,1H3/t22-,23+/m1/s1. The number of amidine groups is 1. The number of amides is 1. The van der Waals surface area contributed by atoms with Crippen LogP contribution < -0.4 is 0 Å². The highest BCUT2D eigenvalue weighted by molar-refractivity contribution is 8.13. The van der Waals surface area contributed by atoms with Crippen molar-refractivity contribution in [2.75, 3.05) is 0 Å². The molecule has 0 saturated heterocycles. The van der Waals surface area contributed by atoms with E-state index in [0.29, 0.717) is 10.9 Å². The number of carbonyl (C=O) groups excluding carboxylic acids is 1. The molecule has 0 bridgehead atoms. The van der Waals surface area contributed by atoms with Gasteiger partial charge in [-0.15, -0.1) is 0 Å². The molecule has 1 aliphatic heterocycles. The summed E-state index contributed by atoms with van der Waals surface area (Å²) in [5, 5.41) is 0.699. The number of thioether (sulfide) groups is 1. The van der Waals surface area contributed by atoms with E-state index in [1.807, 2.05) is 48.5 Å². The molecule has 0 spiro atoms. The van der Waals surface area contributed by atoms with Crippen LogP contribution in [-0.4, -0.2) is 16.0 Å². The molecule has 4 rings (SSSR count). The third kappa shape index (κ3) is 4.25. The highest BCUT2D eigenvalue weighted by Crippen LogP contribution is 2.44. The van der Waals surface area contributed by atoms with Gasteiger partial charge in [-0.2, -0.15) is 0 Å². The van der Waals surface area contributed by atoms with Gasteiger partial charge in [0.15, 0.2) is 5.17 Å². The van der Waals surface area contributed by atoms with Crippen LogP contribution in [0.5, 0.6) is 0 Å². The molecule has 0 aliphatic carbocycles. The second-order valence-corrected chi connectivity index (χ2v) is 7.87. The molecule has 1 amide bonds. The zero-order chi connectivity index (χ0) is 20.2. The van der Waals surface area contributed by atoms with Gasteiger partial charge in [0.25, 0.3) is 0 Å². The molecule has 0 unspecified atom stereocenters. The first-order chi connectivity index (χ1) is 14.1. The van der Waals surface area contributed by atoms with Crippen molar-refractivity contribution < 1.29 is 9.18 Å². The lowest BCUT2D eigenvalue weighted by Crippen LogP contribution is -2.34. The second-order valence-electron chi connectivity index (χ2n) is 6.93. The van der Waals surface area contributed by atoms with Crippen molar-refractivity contribution in [2.45, 2.75) is 24.8 Å². The fourth-order valence-corrected chi connectivity index (χ4v) is 4.62. The lowest BCUT2D eigenvalue weighted by atomic mass is 9.94. The molecule has 5 heteroatoms. The number of rotatable bonds is 4. The number of hydrogen-bond donors (Lipinski definition) is 0. The first kappa shape index (κ1) is 19.4. The highest BCUT2D eigenvalue weighted by atomic mass is 32.2. The Labute approximate surface area is 174 Å². The van der Waals surface area contributed by atoms with Gasteiger partial charge in [-0.3, -0.25) is 14.7 Å². The molecule has 0 fully saturated rings. The molecule has 1 heterocycles. The summed E-state index contributed by atoms with van der Waals surface area (Å²) in [6.07, 6.45) is 0. The molecule has 2 atom stereocenters. The van der Waals surface area contributed by atoms with E-state index in [9.17, 15) is 9.18 Å². The number of nitrogens with zero attached hydrogens (tertiary/aromatic N) is 2. The molecule has 3 aromatic carbocycles. The van der Waals surface area contributed by atoms with Crippen molar-refractivity contribution in [1.29, 1.82) is 0 Å². The predicted molar refractivity (Wildman–Crippen MR) is 116 cm³/mol. The van der Waals surface area contributed by atoms with Crippen molar-refractivity contribution in [3.05, 3.63) is 107 Å². The minimum absolute atomic E-state index is 0.0392. The molecule has 0 saturated carbocycles. The van der Waals surface area contributed by atoms with E-state index in [0.717, 1.165) is 16.7 Å². The average molecular weight is 405 g/mol. The van der Waals surface area contributed by atoms with Crippen LogP contribution in [0.15, 0.2) is 89.9 Å². The predicted octanol–water partition coefficient (Wildman–Crippen LogP) is 5.76. The summed E-state index contributed by atoms with van der Waals surface area (Å²) >= 11 is 1.51. The molecule has 0 aromatic heterocycles. The first-order valence-corrected chi connectivity index (χ1v) is 10.5. The van der Waals surface area contributed by atoms with Gasteiger partial charge >= 0.3 is 0 Å².